The van der Waals surface area contributed by atoms with E-state index in [9.17, 15) is 123 Å². The second-order valence-corrected chi connectivity index (χ2v) is 29.4. The van der Waals surface area contributed by atoms with Crippen molar-refractivity contribution in [2.75, 3.05) is 0 Å². The van der Waals surface area contributed by atoms with Gasteiger partial charge in [-0.25, -0.2) is 123 Å². The quantitative estimate of drug-likeness (QED) is 0.0495. The lowest BCUT2D eigenvalue weighted by Crippen LogP contribution is -2.60. The first kappa shape index (κ1) is 97.9. The molecule has 0 radical (unpaired) electrons. The Bertz CT molecular complexity index is 5490. The van der Waals surface area contributed by atoms with Crippen LogP contribution >= 0.6 is 116 Å². The molecule has 0 amide bonds. The average molecular weight is 1940 g/mol. The van der Waals surface area contributed by atoms with E-state index in [0.29, 0.717) is 38.0 Å². The van der Waals surface area contributed by atoms with Crippen molar-refractivity contribution in [2.24, 2.45) is 0 Å². The Labute approximate surface area is 728 Å². The molecule has 0 aliphatic carbocycles. The average Bonchev–Trinajstić information content (AvgIpc) is 0.733. The lowest BCUT2D eigenvalue weighted by Gasteiger charge is -2.22. The summed E-state index contributed by atoms with van der Waals surface area (Å²) in [4.78, 5) is 0. The van der Waals surface area contributed by atoms with Gasteiger partial charge in [0.2, 0.25) is 6.71 Å². The summed E-state index contributed by atoms with van der Waals surface area (Å²) in [5.74, 6) is -58.1. The first-order valence-corrected chi connectivity index (χ1v) is 37.4. The van der Waals surface area contributed by atoms with Crippen LogP contribution in [-0.2, 0) is 0 Å². The fraction of sp³-hybridized carbons (Fsp3) is 0.0370. The Morgan fingerprint density at radius 1 is 0.171 bits per heavy atom. The molecular weight excluding hydrogens is 1900 g/mol. The van der Waals surface area contributed by atoms with Crippen LogP contribution in [0.1, 0.15) is 16.7 Å². The van der Waals surface area contributed by atoms with E-state index < -0.39 is 238 Å². The molecule has 13 aromatic carbocycles. The topological polar surface area (TPSA) is 0 Å². The van der Waals surface area contributed by atoms with Crippen LogP contribution in [-0.4, -0.2) is 26.9 Å². The molecule has 0 nitrogen and oxygen atoms in total. The zero-order valence-electron chi connectivity index (χ0n) is 60.6. The second-order valence-electron chi connectivity index (χ2n) is 25.6. The van der Waals surface area contributed by atoms with E-state index in [1.54, 1.807) is 6.92 Å². The van der Waals surface area contributed by atoms with E-state index in [0.717, 1.165) is 77.7 Å². The third kappa shape index (κ3) is 19.8. The van der Waals surface area contributed by atoms with Gasteiger partial charge in [0.1, 0.15) is 87.3 Å². The van der Waals surface area contributed by atoms with E-state index in [2.05, 4.69) is 0 Å². The van der Waals surface area contributed by atoms with E-state index in [4.69, 9.17) is 116 Å². The van der Waals surface area contributed by atoms with Gasteiger partial charge in [0.25, 0.3) is 20.1 Å². The van der Waals surface area contributed by atoms with Gasteiger partial charge in [-0.3, -0.25) is 0 Å². The van der Waals surface area contributed by atoms with Gasteiger partial charge in [0.05, 0.1) is 50.2 Å². The van der Waals surface area contributed by atoms with Crippen molar-refractivity contribution in [3.05, 3.63) is 381 Å². The number of rotatable bonds is 12. The third-order valence-electron chi connectivity index (χ3n) is 18.1. The van der Waals surface area contributed by atoms with Gasteiger partial charge in [-0.1, -0.05) is 206 Å². The van der Waals surface area contributed by atoms with Crippen molar-refractivity contribution < 1.29 is 123 Å². The molecular formula is C81H34B4Cl10F28. The Morgan fingerprint density at radius 2 is 0.382 bits per heavy atom. The summed E-state index contributed by atoms with van der Waals surface area (Å²) in [6.07, 6.45) is 0. The molecule has 0 saturated heterocycles. The molecule has 13 aromatic rings. The highest BCUT2D eigenvalue weighted by Crippen LogP contribution is 2.44. The molecule has 0 aliphatic rings. The van der Waals surface area contributed by atoms with Gasteiger partial charge in [-0.15, -0.1) is 0 Å². The molecule has 0 N–H and O–H groups in total. The smallest absolute Gasteiger partial charge is 0.207 e. The number of aryl methyl sites for hydroxylation is 1. The van der Waals surface area contributed by atoms with Crippen LogP contribution in [0.3, 0.4) is 0 Å². The summed E-state index contributed by atoms with van der Waals surface area (Å²) >= 11 is 60.5. The van der Waals surface area contributed by atoms with Crippen molar-refractivity contribution in [2.45, 2.75) is 20.8 Å². The van der Waals surface area contributed by atoms with Crippen LogP contribution in [0, 0.1) is 184 Å². The van der Waals surface area contributed by atoms with Crippen LogP contribution in [0.2, 0.25) is 50.2 Å². The highest BCUT2D eigenvalue weighted by Gasteiger charge is 2.46. The fourth-order valence-corrected chi connectivity index (χ4v) is 15.1. The summed E-state index contributed by atoms with van der Waals surface area (Å²) in [6.45, 7) is -4.81. The fourth-order valence-electron chi connectivity index (χ4n) is 12.5. The predicted molar refractivity (Wildman–Crippen MR) is 426 cm³/mol. The molecule has 42 heteroatoms. The highest BCUT2D eigenvalue weighted by atomic mass is 35.5. The normalized spacial score (nSPS) is 11.0. The zero-order valence-corrected chi connectivity index (χ0v) is 68.2. The van der Waals surface area contributed by atoms with Crippen LogP contribution in [0.15, 0.2) is 152 Å². The van der Waals surface area contributed by atoms with Gasteiger partial charge in [-0.05, 0) is 85.9 Å². The Kier molecular flexibility index (Phi) is 32.3. The maximum atomic E-state index is 14.8. The number of hydrogen-bond acceptors (Lipinski definition) is 0. The lowest BCUT2D eigenvalue weighted by atomic mass is 9.35. The zero-order chi connectivity index (χ0) is 91.6. The van der Waals surface area contributed by atoms with Crippen LogP contribution < -0.4 is 65.6 Å². The molecule has 636 valence electrons. The molecule has 0 atom stereocenters. The minimum Gasteiger partial charge on any atom is -0.207 e. The summed E-state index contributed by atoms with van der Waals surface area (Å²) in [6, 6.07) is 30.5. The lowest BCUT2D eigenvalue weighted by molar-refractivity contribution is 0.382. The van der Waals surface area contributed by atoms with Crippen molar-refractivity contribution in [1.82, 2.24) is 0 Å². The number of hydrogen-bond donors (Lipinski definition) is 0. The Balaban J connectivity index is 0.000000179. The summed E-state index contributed by atoms with van der Waals surface area (Å²) in [7, 11) is 0. The number of benzene rings is 13. The minimum atomic E-state index is -3.72. The van der Waals surface area contributed by atoms with Crippen LogP contribution in [0.4, 0.5) is 123 Å². The molecule has 0 aliphatic heterocycles. The molecule has 0 heterocycles. The van der Waals surface area contributed by atoms with E-state index >= 15 is 0 Å². The van der Waals surface area contributed by atoms with Crippen molar-refractivity contribution in [3.8, 4) is 0 Å². The van der Waals surface area contributed by atoms with Gasteiger partial charge >= 0.3 is 0 Å². The second kappa shape index (κ2) is 40.6. The SMILES string of the molecule is Cc1c(Cl)c(Cl)c(Cl)c(Cl)c1Cl.Cc1c(F)c(F)c(F)c(B(c2c(F)c(F)c(F)c(F)c2F)c2c(F)c(F)c(F)c(F)c2F)c1F.Cc1cc(F)c(B(c2c(F)cc(F)cc2F)c2c(F)cc(F)cc2F)c(F)c1.Clc1c(Cl)c(Cl)c(B(c2ccccc2)c2ccccc2)c(Cl)c1Cl.Fc1cccc(F)c1B(c1c(F)cccc1F)c1c(F)cccc1F. The van der Waals surface area contributed by atoms with Gasteiger partial charge in [-0.2, -0.15) is 0 Å². The molecule has 0 fully saturated rings. The first-order valence-electron chi connectivity index (χ1n) is 33.7. The van der Waals surface area contributed by atoms with E-state index in [1.165, 1.54) is 6.92 Å². The van der Waals surface area contributed by atoms with E-state index in [1.807, 2.05) is 60.7 Å². The molecule has 123 heavy (non-hydrogen) atoms. The van der Waals surface area contributed by atoms with E-state index in [-0.39, 0.29) is 66.7 Å². The maximum Gasteiger partial charge on any atom is 0.264 e. The van der Waals surface area contributed by atoms with Crippen molar-refractivity contribution in [3.63, 3.8) is 0 Å². The van der Waals surface area contributed by atoms with Gasteiger partial charge in [0, 0.05) is 79.0 Å². The van der Waals surface area contributed by atoms with Crippen molar-refractivity contribution >= 4 is 208 Å². The molecule has 0 saturated carbocycles. The van der Waals surface area contributed by atoms with Gasteiger partial charge < -0.3 is 0 Å². The Hall–Kier alpha value is -8.94. The predicted octanol–water partition coefficient (Wildman–Crippen LogP) is 21.9. The monoisotopic (exact) mass is 1930 g/mol. The summed E-state index contributed by atoms with van der Waals surface area (Å²) < 4.78 is 396. The van der Waals surface area contributed by atoms with Gasteiger partial charge in [0.15, 0.2) is 75.6 Å². The first-order chi connectivity index (χ1) is 57.7. The summed E-state index contributed by atoms with van der Waals surface area (Å²) in [5, 5.41) is 2.57. The molecule has 0 unspecified atom stereocenters. The molecule has 0 spiro atoms. The Morgan fingerprint density at radius 3 is 0.659 bits per heavy atom. The molecule has 0 bridgehead atoms. The summed E-state index contributed by atoms with van der Waals surface area (Å²) in [5.41, 5.74) is -11.4. The molecule has 0 aromatic heterocycles. The van der Waals surface area contributed by atoms with Crippen molar-refractivity contribution in [1.29, 1.82) is 0 Å². The van der Waals surface area contributed by atoms with Crippen LogP contribution in [0.5, 0.6) is 0 Å². The molecule has 13 rings (SSSR count). The third-order valence-corrected chi connectivity index (χ3v) is 22.9. The largest absolute Gasteiger partial charge is 0.264 e. The highest BCUT2D eigenvalue weighted by molar-refractivity contribution is 6.99. The number of halogens is 38. The van der Waals surface area contributed by atoms with Crippen LogP contribution in [0.25, 0.3) is 0 Å². The standard InChI is InChI=1S/C19H3BF14.C19H9BF8.C18H10BCl5.C18H9BF6.C7H3Cl5/c1-2-6(21)3(8(23)13(28)7(2)22)20(4-9(24)14(29)18(33)15(30)10(4)25)5-11(26)16(31)19(34)17(32)12(5)27;1-8-2-11(23)17(12(24)3-8)20(18-13(25)4-9(21)5-14(18)26)19-15(27)6-10(22)7-16(19)28;20-14-13(15(21)17(23)18(24)16(14)22)19(11-7-3-1-4-8-11)12-9-5-2-6-10-12;20-10-4-1-5-11(21)16(10)19(17-12(22)6-2-7-13(17)23)18-14(24)8-3-9-15(18)25;1-2-3(8)5(10)7(12)6(11)4(2)9/h1H3;2-7H,1H3;1-10H;1-9H;1H3. The minimum absolute atomic E-state index is 0.0950. The maximum absolute atomic E-state index is 14.8.